The van der Waals surface area contributed by atoms with Gasteiger partial charge in [0, 0.05) is 67.6 Å². The maximum Gasteiger partial charge on any atom is 0.316 e. The van der Waals surface area contributed by atoms with Crippen LogP contribution >= 0.6 is 0 Å². The molecule has 3 heterocycles. The number of hydrogen-bond acceptors (Lipinski definition) is 7. The average molecular weight is 483 g/mol. The fraction of sp³-hybridized carbons (Fsp3) is 0.259. The van der Waals surface area contributed by atoms with Crippen molar-refractivity contribution in [1.29, 1.82) is 0 Å². The molecule has 2 aromatic heterocycles. The van der Waals surface area contributed by atoms with Crippen LogP contribution < -0.4 is 4.74 Å². The Hall–Kier alpha value is -4.40. The molecule has 36 heavy (non-hydrogen) atoms. The summed E-state index contributed by atoms with van der Waals surface area (Å²) in [5.74, 6) is -0.0125. The quantitative estimate of drug-likeness (QED) is 0.429. The molecular formula is C27H26N6O3. The summed E-state index contributed by atoms with van der Waals surface area (Å²) >= 11 is 0. The molecule has 0 bridgehead atoms. The lowest BCUT2D eigenvalue weighted by Crippen LogP contribution is -2.50. The molecule has 0 spiro atoms. The summed E-state index contributed by atoms with van der Waals surface area (Å²) in [5, 5.41) is 0.864. The molecule has 5 rings (SSSR count). The molecule has 0 unspecified atom stereocenters. The van der Waals surface area contributed by atoms with Gasteiger partial charge >= 0.3 is 6.01 Å². The fourth-order valence-corrected chi connectivity index (χ4v) is 4.34. The van der Waals surface area contributed by atoms with E-state index in [1.54, 1.807) is 29.1 Å². The molecule has 4 aromatic rings. The highest BCUT2D eigenvalue weighted by atomic mass is 16.5. The number of ether oxygens (including phenoxy) is 1. The van der Waals surface area contributed by atoms with E-state index in [0.29, 0.717) is 44.4 Å². The van der Waals surface area contributed by atoms with Crippen LogP contribution in [0.25, 0.3) is 33.3 Å². The van der Waals surface area contributed by atoms with Crippen LogP contribution in [-0.2, 0) is 4.79 Å². The third-order valence-corrected chi connectivity index (χ3v) is 6.27. The van der Waals surface area contributed by atoms with Crippen molar-refractivity contribution in [2.45, 2.75) is 13.8 Å². The van der Waals surface area contributed by atoms with Crippen molar-refractivity contribution in [1.82, 2.24) is 29.7 Å². The van der Waals surface area contributed by atoms with Gasteiger partial charge in [-0.2, -0.15) is 0 Å². The van der Waals surface area contributed by atoms with Crippen molar-refractivity contribution >= 4 is 22.7 Å². The van der Waals surface area contributed by atoms with Gasteiger partial charge in [0.2, 0.25) is 5.91 Å². The molecule has 182 valence electrons. The van der Waals surface area contributed by atoms with Crippen molar-refractivity contribution in [3.8, 4) is 28.4 Å². The number of hydrogen-bond donors (Lipinski definition) is 0. The van der Waals surface area contributed by atoms with Crippen LogP contribution in [0.5, 0.6) is 6.01 Å². The van der Waals surface area contributed by atoms with Gasteiger partial charge in [-0.3, -0.25) is 9.59 Å². The molecule has 2 aromatic carbocycles. The summed E-state index contributed by atoms with van der Waals surface area (Å²) in [6.45, 7) is 6.09. The maximum atomic E-state index is 13.2. The molecule has 1 fully saturated rings. The summed E-state index contributed by atoms with van der Waals surface area (Å²) < 4.78 is 5.34. The van der Waals surface area contributed by atoms with Crippen LogP contribution in [0.1, 0.15) is 24.2 Å². The van der Waals surface area contributed by atoms with E-state index < -0.39 is 0 Å². The average Bonchev–Trinajstić information content (AvgIpc) is 2.93. The highest BCUT2D eigenvalue weighted by molar-refractivity contribution is 5.98. The van der Waals surface area contributed by atoms with E-state index in [-0.39, 0.29) is 11.8 Å². The summed E-state index contributed by atoms with van der Waals surface area (Å²) in [7, 11) is 0. The van der Waals surface area contributed by atoms with Crippen molar-refractivity contribution in [2.75, 3.05) is 32.8 Å². The van der Waals surface area contributed by atoms with E-state index in [4.69, 9.17) is 4.74 Å². The van der Waals surface area contributed by atoms with Gasteiger partial charge in [0.1, 0.15) is 6.33 Å². The normalized spacial score (nSPS) is 13.6. The lowest BCUT2D eigenvalue weighted by Gasteiger charge is -2.34. The number of nitrogens with zero attached hydrogens (tertiary/aromatic N) is 6. The first-order valence-corrected chi connectivity index (χ1v) is 11.9. The van der Waals surface area contributed by atoms with Crippen molar-refractivity contribution in [2.24, 2.45) is 0 Å². The first-order valence-electron chi connectivity index (χ1n) is 11.9. The minimum Gasteiger partial charge on any atom is -0.464 e. The Bertz CT molecular complexity index is 1410. The Morgan fingerprint density at radius 2 is 1.61 bits per heavy atom. The topological polar surface area (TPSA) is 101 Å². The van der Waals surface area contributed by atoms with Gasteiger partial charge in [-0.1, -0.05) is 18.2 Å². The highest BCUT2D eigenvalue weighted by Gasteiger charge is 2.23. The van der Waals surface area contributed by atoms with Crippen LogP contribution in [0.3, 0.4) is 0 Å². The van der Waals surface area contributed by atoms with Crippen LogP contribution in [0.2, 0.25) is 0 Å². The van der Waals surface area contributed by atoms with Crippen LogP contribution in [0.4, 0.5) is 0 Å². The monoisotopic (exact) mass is 482 g/mol. The molecule has 0 N–H and O–H groups in total. The summed E-state index contributed by atoms with van der Waals surface area (Å²) in [6, 6.07) is 13.8. The van der Waals surface area contributed by atoms with E-state index in [0.717, 1.165) is 33.3 Å². The van der Waals surface area contributed by atoms with Gasteiger partial charge in [0.25, 0.3) is 5.91 Å². The highest BCUT2D eigenvalue weighted by Crippen LogP contribution is 2.30. The molecule has 0 saturated carbocycles. The second-order valence-electron chi connectivity index (χ2n) is 8.52. The first-order chi connectivity index (χ1) is 17.5. The maximum absolute atomic E-state index is 13.2. The molecule has 9 nitrogen and oxygen atoms in total. The third kappa shape index (κ3) is 4.72. The largest absolute Gasteiger partial charge is 0.464 e. The van der Waals surface area contributed by atoms with Gasteiger partial charge in [-0.05, 0) is 36.8 Å². The molecule has 0 radical (unpaired) electrons. The van der Waals surface area contributed by atoms with Crippen LogP contribution in [0, 0.1) is 0 Å². The van der Waals surface area contributed by atoms with E-state index >= 15 is 0 Å². The van der Waals surface area contributed by atoms with E-state index in [9.17, 15) is 9.59 Å². The number of carbonyl (C=O) groups excluding carboxylic acids is 2. The smallest absolute Gasteiger partial charge is 0.316 e. The number of benzene rings is 2. The minimum atomic E-state index is -0.0503. The Balaban J connectivity index is 1.45. The molecule has 0 aliphatic carbocycles. The van der Waals surface area contributed by atoms with E-state index in [2.05, 4.69) is 19.9 Å². The second-order valence-corrected chi connectivity index (χ2v) is 8.52. The Morgan fingerprint density at radius 3 is 2.33 bits per heavy atom. The van der Waals surface area contributed by atoms with Gasteiger partial charge < -0.3 is 14.5 Å². The predicted octanol–water partition coefficient (Wildman–Crippen LogP) is 3.46. The summed E-state index contributed by atoms with van der Waals surface area (Å²) in [6.07, 6.45) is 4.99. The standard InChI is InChI=1S/C27H26N6O3/c1-3-36-27-28-15-22(16-29-27)19-7-8-24-23(14-19)25(31-17-30-24)20-5-4-6-21(13-20)26(35)33-11-9-32(10-12-33)18(2)34/h4-8,13-17H,3,9-12H2,1-2H3. The number of amides is 2. The van der Waals surface area contributed by atoms with E-state index in [1.807, 2.05) is 49.4 Å². The predicted molar refractivity (Wildman–Crippen MR) is 135 cm³/mol. The summed E-state index contributed by atoms with van der Waals surface area (Å²) in [4.78, 5) is 45.9. The zero-order valence-corrected chi connectivity index (χ0v) is 20.2. The number of carbonyl (C=O) groups is 2. The Labute approximate surface area is 208 Å². The van der Waals surface area contributed by atoms with Gasteiger partial charge in [0.05, 0.1) is 17.8 Å². The summed E-state index contributed by atoms with van der Waals surface area (Å²) in [5.41, 5.74) is 4.74. The molecule has 1 saturated heterocycles. The number of aromatic nitrogens is 4. The number of rotatable bonds is 5. The SMILES string of the molecule is CCOc1ncc(-c2ccc3ncnc(-c4cccc(C(=O)N5CCN(C(C)=O)CC5)c4)c3c2)cn1. The number of fused-ring (bicyclic) bond motifs is 1. The van der Waals surface area contributed by atoms with Crippen molar-refractivity contribution in [3.63, 3.8) is 0 Å². The molecule has 2 amide bonds. The molecule has 0 atom stereocenters. The van der Waals surface area contributed by atoms with Crippen LogP contribution in [0.15, 0.2) is 61.2 Å². The van der Waals surface area contributed by atoms with Gasteiger partial charge in [-0.15, -0.1) is 0 Å². The minimum absolute atomic E-state index is 0.0379. The van der Waals surface area contributed by atoms with Crippen LogP contribution in [-0.4, -0.2) is 74.3 Å². The Kier molecular flexibility index (Phi) is 6.53. The lowest BCUT2D eigenvalue weighted by molar-refractivity contribution is -0.130. The number of piperazine rings is 1. The molecular weight excluding hydrogens is 456 g/mol. The molecule has 1 aliphatic heterocycles. The lowest BCUT2D eigenvalue weighted by atomic mass is 10.0. The van der Waals surface area contributed by atoms with Gasteiger partial charge in [-0.25, -0.2) is 19.9 Å². The Morgan fingerprint density at radius 1 is 0.861 bits per heavy atom. The van der Waals surface area contributed by atoms with Crippen molar-refractivity contribution in [3.05, 3.63) is 66.7 Å². The zero-order valence-electron chi connectivity index (χ0n) is 20.2. The second kappa shape index (κ2) is 10.1. The molecule has 1 aliphatic rings. The van der Waals surface area contributed by atoms with Crippen molar-refractivity contribution < 1.29 is 14.3 Å². The van der Waals surface area contributed by atoms with Gasteiger partial charge in [0.15, 0.2) is 0 Å². The first kappa shape index (κ1) is 23.3. The zero-order chi connectivity index (χ0) is 25.1. The van der Waals surface area contributed by atoms with E-state index in [1.165, 1.54) is 6.33 Å². The third-order valence-electron chi connectivity index (χ3n) is 6.27. The fourth-order valence-electron chi connectivity index (χ4n) is 4.34. The molecule has 9 heteroatoms.